The molecule has 90 valence electrons. The number of nitrogens with zero attached hydrogens (tertiary/aromatic N) is 1. The van der Waals surface area contributed by atoms with Crippen LogP contribution in [0.1, 0.15) is 65.2 Å². The van der Waals surface area contributed by atoms with Gasteiger partial charge in [-0.3, -0.25) is 0 Å². The molecule has 2 aliphatic rings. The van der Waals surface area contributed by atoms with Crippen LogP contribution in [0.2, 0.25) is 0 Å². The van der Waals surface area contributed by atoms with Crippen LogP contribution in [0.25, 0.3) is 0 Å². The van der Waals surface area contributed by atoms with E-state index in [1.807, 2.05) is 0 Å². The smallest absolute Gasteiger partial charge is 0.0621 e. The summed E-state index contributed by atoms with van der Waals surface area (Å²) in [6.45, 7) is 4.82. The third-order valence-corrected chi connectivity index (χ3v) is 5.24. The Kier molecular flexibility index (Phi) is 3.57. The highest BCUT2D eigenvalue weighted by atomic mass is 14.7. The monoisotopic (exact) mass is 219 g/mol. The van der Waals surface area contributed by atoms with Gasteiger partial charge >= 0.3 is 0 Å². The first-order valence-electron chi connectivity index (χ1n) is 7.07. The summed E-state index contributed by atoms with van der Waals surface area (Å²) in [4.78, 5) is 0. The Morgan fingerprint density at radius 1 is 1.31 bits per heavy atom. The van der Waals surface area contributed by atoms with Gasteiger partial charge in [0, 0.05) is 6.42 Å². The molecule has 0 amide bonds. The topological polar surface area (TPSA) is 23.8 Å². The Bertz CT molecular complexity index is 276. The molecule has 1 nitrogen and oxygen atoms in total. The van der Waals surface area contributed by atoms with Crippen molar-refractivity contribution in [3.05, 3.63) is 0 Å². The second kappa shape index (κ2) is 4.78. The summed E-state index contributed by atoms with van der Waals surface area (Å²) in [6.07, 6.45) is 10.4. The van der Waals surface area contributed by atoms with Gasteiger partial charge in [0.1, 0.15) is 0 Å². The van der Waals surface area contributed by atoms with Crippen molar-refractivity contribution < 1.29 is 0 Å². The lowest BCUT2D eigenvalue weighted by Gasteiger charge is -2.15. The highest BCUT2D eigenvalue weighted by Crippen LogP contribution is 2.70. The van der Waals surface area contributed by atoms with Crippen molar-refractivity contribution >= 4 is 0 Å². The van der Waals surface area contributed by atoms with Crippen LogP contribution in [0.4, 0.5) is 0 Å². The minimum absolute atomic E-state index is 0.754. The molecule has 0 bridgehead atoms. The van der Waals surface area contributed by atoms with Gasteiger partial charge in [0.15, 0.2) is 0 Å². The number of hydrogen-bond donors (Lipinski definition) is 0. The third kappa shape index (κ3) is 2.12. The van der Waals surface area contributed by atoms with E-state index in [1.165, 1.54) is 38.5 Å². The zero-order valence-electron chi connectivity index (χ0n) is 10.8. The fourth-order valence-electron chi connectivity index (χ4n) is 4.01. The molecule has 0 aliphatic heterocycles. The van der Waals surface area contributed by atoms with Crippen LogP contribution < -0.4 is 0 Å². The van der Waals surface area contributed by atoms with Gasteiger partial charge in [-0.25, -0.2) is 0 Å². The summed E-state index contributed by atoms with van der Waals surface area (Å²) < 4.78 is 0. The maximum absolute atomic E-state index is 8.47. The van der Waals surface area contributed by atoms with Crippen molar-refractivity contribution in [3.8, 4) is 6.07 Å². The molecule has 0 radical (unpaired) electrons. The molecular weight excluding hydrogens is 194 g/mol. The average Bonchev–Trinajstić information content (AvgIpc) is 2.90. The molecule has 3 atom stereocenters. The Labute approximate surface area is 100 Å². The number of nitriles is 1. The molecule has 0 aromatic heterocycles. The number of hydrogen-bond acceptors (Lipinski definition) is 1. The van der Waals surface area contributed by atoms with E-state index in [0.29, 0.717) is 0 Å². The van der Waals surface area contributed by atoms with Crippen molar-refractivity contribution in [3.63, 3.8) is 0 Å². The predicted molar refractivity (Wildman–Crippen MR) is 66.8 cm³/mol. The van der Waals surface area contributed by atoms with Crippen LogP contribution in [0, 0.1) is 34.5 Å². The first-order valence-corrected chi connectivity index (χ1v) is 7.07. The van der Waals surface area contributed by atoms with Crippen LogP contribution in [-0.2, 0) is 0 Å². The Morgan fingerprint density at radius 3 is 2.69 bits per heavy atom. The molecule has 16 heavy (non-hydrogen) atoms. The molecule has 2 rings (SSSR count). The van der Waals surface area contributed by atoms with Crippen LogP contribution >= 0.6 is 0 Å². The molecule has 2 fully saturated rings. The summed E-state index contributed by atoms with van der Waals surface area (Å²) in [6, 6.07) is 2.23. The first-order chi connectivity index (χ1) is 7.70. The highest BCUT2D eigenvalue weighted by molar-refractivity contribution is 5.11. The lowest BCUT2D eigenvalue weighted by Crippen LogP contribution is -2.08. The molecule has 0 saturated heterocycles. The van der Waals surface area contributed by atoms with E-state index in [9.17, 15) is 0 Å². The standard InChI is InChI=1S/C15H25N/c1-12(2)15-9-8-13(14(15)11-15)7-5-3-4-6-10-16/h12-14H,3-9,11H2,1-2H3. The zero-order valence-corrected chi connectivity index (χ0v) is 10.8. The van der Waals surface area contributed by atoms with Gasteiger partial charge in [0.25, 0.3) is 0 Å². The van der Waals surface area contributed by atoms with Crippen LogP contribution in [0.15, 0.2) is 0 Å². The molecule has 3 unspecified atom stereocenters. The number of fused-ring (bicyclic) bond motifs is 1. The summed E-state index contributed by atoms with van der Waals surface area (Å²) in [5.41, 5.74) is 0.775. The number of unbranched alkanes of at least 4 members (excludes halogenated alkanes) is 3. The van der Waals surface area contributed by atoms with Crippen LogP contribution in [0.5, 0.6) is 0 Å². The van der Waals surface area contributed by atoms with Crippen molar-refractivity contribution in [1.29, 1.82) is 5.26 Å². The quantitative estimate of drug-likeness (QED) is 0.602. The lowest BCUT2D eigenvalue weighted by molar-refractivity contribution is 0.339. The second-order valence-corrected chi connectivity index (χ2v) is 6.25. The average molecular weight is 219 g/mol. The van der Waals surface area contributed by atoms with Crippen molar-refractivity contribution in [2.24, 2.45) is 23.2 Å². The summed E-state index contributed by atoms with van der Waals surface area (Å²) in [5.74, 6) is 3.01. The maximum Gasteiger partial charge on any atom is 0.0621 e. The second-order valence-electron chi connectivity index (χ2n) is 6.25. The third-order valence-electron chi connectivity index (χ3n) is 5.24. The van der Waals surface area contributed by atoms with Crippen LogP contribution in [0.3, 0.4) is 0 Å². The molecule has 1 heteroatoms. The van der Waals surface area contributed by atoms with E-state index in [-0.39, 0.29) is 0 Å². The molecule has 0 heterocycles. The van der Waals surface area contributed by atoms with Gasteiger partial charge in [-0.05, 0) is 48.9 Å². The van der Waals surface area contributed by atoms with Crippen molar-refractivity contribution in [2.75, 3.05) is 0 Å². The van der Waals surface area contributed by atoms with E-state index in [4.69, 9.17) is 5.26 Å². The van der Waals surface area contributed by atoms with E-state index < -0.39 is 0 Å². The van der Waals surface area contributed by atoms with Crippen molar-refractivity contribution in [2.45, 2.75) is 65.2 Å². The summed E-state index contributed by atoms with van der Waals surface area (Å²) >= 11 is 0. The lowest BCUT2D eigenvalue weighted by atomic mass is 9.90. The predicted octanol–water partition coefficient (Wildman–Crippen LogP) is 4.53. The van der Waals surface area contributed by atoms with Gasteiger partial charge < -0.3 is 0 Å². The summed E-state index contributed by atoms with van der Waals surface area (Å²) in [7, 11) is 0. The van der Waals surface area contributed by atoms with Gasteiger partial charge in [0.2, 0.25) is 0 Å². The van der Waals surface area contributed by atoms with E-state index in [2.05, 4.69) is 19.9 Å². The Morgan fingerprint density at radius 2 is 2.12 bits per heavy atom. The zero-order chi connectivity index (χ0) is 11.6. The SMILES string of the molecule is CC(C)C12CCC(CCCCCC#N)C1C2. The van der Waals surface area contributed by atoms with Gasteiger partial charge in [0.05, 0.1) is 6.07 Å². The molecular formula is C15H25N. The van der Waals surface area contributed by atoms with Crippen molar-refractivity contribution in [1.82, 2.24) is 0 Å². The molecule has 2 aliphatic carbocycles. The largest absolute Gasteiger partial charge is 0.198 e. The fraction of sp³-hybridized carbons (Fsp3) is 0.933. The molecule has 0 aromatic carbocycles. The number of rotatable bonds is 6. The maximum atomic E-state index is 8.47. The Balaban J connectivity index is 1.65. The minimum Gasteiger partial charge on any atom is -0.198 e. The van der Waals surface area contributed by atoms with E-state index in [1.54, 1.807) is 0 Å². The highest BCUT2D eigenvalue weighted by Gasteiger charge is 2.61. The minimum atomic E-state index is 0.754. The summed E-state index contributed by atoms with van der Waals surface area (Å²) in [5, 5.41) is 8.47. The normalized spacial score (nSPS) is 36.1. The van der Waals surface area contributed by atoms with E-state index >= 15 is 0 Å². The van der Waals surface area contributed by atoms with Gasteiger partial charge in [-0.2, -0.15) is 5.26 Å². The van der Waals surface area contributed by atoms with E-state index in [0.717, 1.165) is 36.0 Å². The Hall–Kier alpha value is -0.510. The first kappa shape index (κ1) is 12.0. The fourth-order valence-corrected chi connectivity index (χ4v) is 4.01. The van der Waals surface area contributed by atoms with Gasteiger partial charge in [-0.1, -0.05) is 33.1 Å². The molecule has 2 saturated carbocycles. The molecule has 0 spiro atoms. The van der Waals surface area contributed by atoms with Gasteiger partial charge in [-0.15, -0.1) is 0 Å². The molecule has 0 N–H and O–H groups in total. The van der Waals surface area contributed by atoms with Crippen LogP contribution in [-0.4, -0.2) is 0 Å². The molecule has 0 aromatic rings.